The molecule has 5 heteroatoms. The van der Waals surface area contributed by atoms with Crippen molar-refractivity contribution in [3.8, 4) is 0 Å². The van der Waals surface area contributed by atoms with Gasteiger partial charge in [-0.05, 0) is 26.2 Å². The van der Waals surface area contributed by atoms with Gasteiger partial charge in [-0.25, -0.2) is 0 Å². The van der Waals surface area contributed by atoms with Gasteiger partial charge >= 0.3 is 0 Å². The van der Waals surface area contributed by atoms with Crippen LogP contribution in [-0.4, -0.2) is 28.8 Å². The molecule has 2 aliphatic rings. The minimum absolute atomic E-state index is 0.386. The summed E-state index contributed by atoms with van der Waals surface area (Å²) in [6, 6.07) is 0. The van der Waals surface area contributed by atoms with Gasteiger partial charge in [-0.1, -0.05) is 0 Å². The van der Waals surface area contributed by atoms with Gasteiger partial charge in [0.05, 0.1) is 23.5 Å². The lowest BCUT2D eigenvalue weighted by atomic mass is 9.95. The predicted octanol–water partition coefficient (Wildman–Crippen LogP) is 1.05. The van der Waals surface area contributed by atoms with Gasteiger partial charge in [-0.2, -0.15) is 5.10 Å². The van der Waals surface area contributed by atoms with Crippen LogP contribution in [-0.2, 0) is 15.1 Å². The zero-order valence-electron chi connectivity index (χ0n) is 9.93. The Morgan fingerprint density at radius 2 is 2.41 bits per heavy atom. The quantitative estimate of drug-likeness (QED) is 0.795. The van der Waals surface area contributed by atoms with Crippen molar-refractivity contribution in [3.05, 3.63) is 11.9 Å². The smallest absolute Gasteiger partial charge is 0.151 e. The molecule has 2 heterocycles. The van der Waals surface area contributed by atoms with Crippen molar-refractivity contribution in [1.29, 1.82) is 0 Å². The van der Waals surface area contributed by atoms with E-state index in [2.05, 4.69) is 5.10 Å². The van der Waals surface area contributed by atoms with Crippen LogP contribution in [0.1, 0.15) is 37.8 Å². The van der Waals surface area contributed by atoms with Crippen molar-refractivity contribution in [3.63, 3.8) is 0 Å². The van der Waals surface area contributed by atoms with Crippen molar-refractivity contribution in [2.45, 2.75) is 43.7 Å². The van der Waals surface area contributed by atoms with E-state index in [1.165, 1.54) is 12.8 Å². The van der Waals surface area contributed by atoms with Crippen LogP contribution < -0.4 is 5.73 Å². The van der Waals surface area contributed by atoms with E-state index in [0.29, 0.717) is 12.5 Å². The van der Waals surface area contributed by atoms with Gasteiger partial charge < -0.3 is 15.3 Å². The third kappa shape index (κ3) is 1.57. The zero-order valence-corrected chi connectivity index (χ0v) is 9.93. The molecule has 0 spiro atoms. The zero-order chi connectivity index (χ0) is 12.0. The first-order valence-electron chi connectivity index (χ1n) is 6.07. The summed E-state index contributed by atoms with van der Waals surface area (Å²) in [4.78, 5) is 11.0. The second-order valence-electron chi connectivity index (χ2n) is 5.22. The lowest BCUT2D eigenvalue weighted by Crippen LogP contribution is -2.40. The fourth-order valence-corrected chi connectivity index (χ4v) is 2.48. The molecular formula is C12H17N3O2. The Kier molecular flexibility index (Phi) is 2.26. The Hall–Kier alpha value is -1.36. The van der Waals surface area contributed by atoms with Crippen LogP contribution in [0.4, 0.5) is 5.69 Å². The molecule has 92 valence electrons. The summed E-state index contributed by atoms with van der Waals surface area (Å²) in [6.07, 6.45) is 5.42. The van der Waals surface area contributed by atoms with Gasteiger partial charge in [0.1, 0.15) is 6.10 Å². The first kappa shape index (κ1) is 10.8. The molecule has 1 aromatic heterocycles. The molecular weight excluding hydrogens is 218 g/mol. The second-order valence-corrected chi connectivity index (χ2v) is 5.22. The molecule has 17 heavy (non-hydrogen) atoms. The van der Waals surface area contributed by atoms with E-state index < -0.39 is 6.10 Å². The molecule has 2 unspecified atom stereocenters. The number of aldehydes is 1. The van der Waals surface area contributed by atoms with Gasteiger partial charge in [-0.3, -0.25) is 4.68 Å². The number of anilines is 1. The largest absolute Gasteiger partial charge is 0.396 e. The summed E-state index contributed by atoms with van der Waals surface area (Å²) in [7, 11) is 0. The Morgan fingerprint density at radius 1 is 1.65 bits per heavy atom. The van der Waals surface area contributed by atoms with Gasteiger partial charge in [-0.15, -0.1) is 0 Å². The number of rotatable bonds is 3. The number of nitrogens with two attached hydrogens (primary N) is 1. The van der Waals surface area contributed by atoms with E-state index in [0.717, 1.165) is 24.1 Å². The number of carbonyl (C=O) groups excluding carboxylic acids is 1. The maximum Gasteiger partial charge on any atom is 0.151 e. The number of aromatic nitrogens is 2. The van der Waals surface area contributed by atoms with Crippen LogP contribution in [0.15, 0.2) is 6.20 Å². The number of nitrogens with zero attached hydrogens (tertiary/aromatic N) is 2. The predicted molar refractivity (Wildman–Crippen MR) is 62.7 cm³/mol. The molecule has 0 bridgehead atoms. The average molecular weight is 235 g/mol. The van der Waals surface area contributed by atoms with E-state index in [9.17, 15) is 4.79 Å². The van der Waals surface area contributed by atoms with Crippen molar-refractivity contribution in [1.82, 2.24) is 9.78 Å². The Labute approximate surface area is 99.9 Å². The highest BCUT2D eigenvalue weighted by molar-refractivity contribution is 5.59. The van der Waals surface area contributed by atoms with Crippen LogP contribution >= 0.6 is 0 Å². The number of hydrogen-bond donors (Lipinski definition) is 1. The minimum atomic E-state index is -0.422. The Balaban J connectivity index is 1.97. The van der Waals surface area contributed by atoms with E-state index in [1.807, 2.05) is 17.8 Å². The fourth-order valence-electron chi connectivity index (χ4n) is 2.48. The Morgan fingerprint density at radius 3 is 3.06 bits per heavy atom. The van der Waals surface area contributed by atoms with Crippen LogP contribution in [0.25, 0.3) is 0 Å². The van der Waals surface area contributed by atoms with Crippen molar-refractivity contribution < 1.29 is 9.53 Å². The lowest BCUT2D eigenvalue weighted by molar-refractivity contribution is -0.119. The number of ether oxygens (including phenoxy) is 1. The first-order chi connectivity index (χ1) is 8.15. The Bertz CT molecular complexity index is 453. The summed E-state index contributed by atoms with van der Waals surface area (Å²) < 4.78 is 7.26. The maximum atomic E-state index is 11.0. The summed E-state index contributed by atoms with van der Waals surface area (Å²) in [5.74, 6) is 0.525. The molecule has 0 amide bonds. The number of hydrogen-bond acceptors (Lipinski definition) is 4. The SMILES string of the molecule is CC1(n2cc(N)c(C3CC3)n2)CCOC1C=O. The molecule has 2 N–H and O–H groups in total. The molecule has 1 saturated heterocycles. The van der Waals surface area contributed by atoms with E-state index in [1.54, 1.807) is 0 Å². The summed E-state index contributed by atoms with van der Waals surface area (Å²) in [5, 5.41) is 4.58. The highest BCUT2D eigenvalue weighted by Crippen LogP contribution is 2.43. The molecule has 1 aliphatic carbocycles. The summed E-state index contributed by atoms with van der Waals surface area (Å²) in [6.45, 7) is 2.60. The van der Waals surface area contributed by atoms with Gasteiger partial charge in [0, 0.05) is 12.1 Å². The summed E-state index contributed by atoms with van der Waals surface area (Å²) >= 11 is 0. The fraction of sp³-hybridized carbons (Fsp3) is 0.667. The molecule has 3 rings (SSSR count). The normalized spacial score (nSPS) is 32.9. The second kappa shape index (κ2) is 3.57. The molecule has 2 atom stereocenters. The first-order valence-corrected chi connectivity index (χ1v) is 6.07. The van der Waals surface area contributed by atoms with Gasteiger partial charge in [0.15, 0.2) is 6.29 Å². The van der Waals surface area contributed by atoms with E-state index in [4.69, 9.17) is 10.5 Å². The molecule has 1 aromatic rings. The van der Waals surface area contributed by atoms with Crippen molar-refractivity contribution in [2.75, 3.05) is 12.3 Å². The molecule has 1 aliphatic heterocycles. The maximum absolute atomic E-state index is 11.0. The lowest BCUT2D eigenvalue weighted by Gasteiger charge is -2.26. The molecule has 0 radical (unpaired) electrons. The molecule has 1 saturated carbocycles. The van der Waals surface area contributed by atoms with E-state index in [-0.39, 0.29) is 5.54 Å². The standard InChI is InChI=1S/C12H17N3O2/c1-12(4-5-17-10(12)7-16)15-6-9(13)11(14-15)8-2-3-8/h6-8,10H,2-5,13H2,1H3. The van der Waals surface area contributed by atoms with Crippen LogP contribution in [0.5, 0.6) is 0 Å². The monoisotopic (exact) mass is 235 g/mol. The van der Waals surface area contributed by atoms with Gasteiger partial charge in [0.25, 0.3) is 0 Å². The van der Waals surface area contributed by atoms with Crippen LogP contribution in [0, 0.1) is 0 Å². The molecule has 2 fully saturated rings. The number of nitrogen functional groups attached to an aromatic ring is 1. The molecule has 0 aromatic carbocycles. The minimum Gasteiger partial charge on any atom is -0.396 e. The van der Waals surface area contributed by atoms with Crippen LogP contribution in [0.2, 0.25) is 0 Å². The topological polar surface area (TPSA) is 70.1 Å². The third-order valence-corrected chi connectivity index (χ3v) is 3.90. The van der Waals surface area contributed by atoms with Crippen LogP contribution in [0.3, 0.4) is 0 Å². The number of carbonyl (C=O) groups is 1. The average Bonchev–Trinajstić information content (AvgIpc) is 2.97. The third-order valence-electron chi connectivity index (χ3n) is 3.90. The summed E-state index contributed by atoms with van der Waals surface area (Å²) in [5.41, 5.74) is 7.33. The van der Waals surface area contributed by atoms with Crippen molar-refractivity contribution in [2.24, 2.45) is 0 Å². The van der Waals surface area contributed by atoms with Gasteiger partial charge in [0.2, 0.25) is 0 Å². The highest BCUT2D eigenvalue weighted by Gasteiger charge is 2.43. The van der Waals surface area contributed by atoms with E-state index >= 15 is 0 Å². The van der Waals surface area contributed by atoms with Crippen molar-refractivity contribution >= 4 is 12.0 Å². The molecule has 5 nitrogen and oxygen atoms in total. The highest BCUT2D eigenvalue weighted by atomic mass is 16.5.